The molecule has 3 rings (SSSR count). The van der Waals surface area contributed by atoms with E-state index in [4.69, 9.17) is 4.74 Å². The third-order valence-corrected chi connectivity index (χ3v) is 6.41. The fraction of sp³-hybridized carbons (Fsp3) is 0.310. The monoisotopic (exact) mass is 491 g/mol. The number of carbonyl (C=O) groups is 2. The van der Waals surface area contributed by atoms with Crippen molar-refractivity contribution in [1.29, 1.82) is 0 Å². The normalized spacial score (nSPS) is 11.9. The zero-order chi connectivity index (χ0) is 26.4. The molecule has 0 saturated heterocycles. The van der Waals surface area contributed by atoms with Crippen LogP contribution in [0.3, 0.4) is 0 Å². The minimum atomic E-state index is -0.748. The van der Waals surface area contributed by atoms with Gasteiger partial charge in [0.25, 0.3) is 0 Å². The Morgan fingerprint density at radius 1 is 0.861 bits per heavy atom. The van der Waals surface area contributed by atoms with E-state index in [1.165, 1.54) is 13.0 Å². The number of benzene rings is 3. The Bertz CT molecular complexity index is 1250. The average molecular weight is 492 g/mol. The zero-order valence-corrected chi connectivity index (χ0v) is 21.1. The Labute approximate surface area is 211 Å². The fourth-order valence-corrected chi connectivity index (χ4v) is 4.41. The van der Waals surface area contributed by atoms with Crippen molar-refractivity contribution in [2.75, 3.05) is 13.1 Å². The number of phenols is 3. The van der Waals surface area contributed by atoms with E-state index in [0.717, 1.165) is 0 Å². The molecule has 3 N–H and O–H groups in total. The molecule has 1 unspecified atom stereocenters. The highest BCUT2D eigenvalue weighted by Gasteiger charge is 2.27. The number of para-hydroxylation sites is 2. The van der Waals surface area contributed by atoms with Gasteiger partial charge in [-0.2, -0.15) is 0 Å². The Kier molecular flexibility index (Phi) is 8.72. The van der Waals surface area contributed by atoms with Crippen LogP contribution >= 0.6 is 0 Å². The maximum atomic E-state index is 13.2. The van der Waals surface area contributed by atoms with Crippen LogP contribution in [0.4, 0.5) is 0 Å². The minimum Gasteiger partial charge on any atom is -0.508 e. The van der Waals surface area contributed by atoms with Gasteiger partial charge in [-0.15, -0.1) is 0 Å². The minimum absolute atomic E-state index is 0.00591. The molecule has 0 aliphatic carbocycles. The lowest BCUT2D eigenvalue weighted by molar-refractivity contribution is -0.0199. The maximum absolute atomic E-state index is 13.2. The van der Waals surface area contributed by atoms with Gasteiger partial charge < -0.3 is 20.1 Å². The highest BCUT2D eigenvalue weighted by Crippen LogP contribution is 2.35. The van der Waals surface area contributed by atoms with Crippen molar-refractivity contribution in [3.63, 3.8) is 0 Å². The van der Waals surface area contributed by atoms with Crippen molar-refractivity contribution in [3.8, 4) is 17.2 Å². The molecule has 0 saturated carbocycles. The standard InChI is InChI=1S/C29H33NO6/c1-5-30(6-2)19(4)36-29(35)24-17-22(15-20-11-7-9-13-25(20)32)23(27(18(3)31)28(24)34)16-21-12-8-10-14-26(21)33/h7-14,17,19,32-34H,5-6,15-16H2,1-4H3. The number of esters is 1. The molecule has 0 radical (unpaired) electrons. The lowest BCUT2D eigenvalue weighted by atomic mass is 9.87. The third-order valence-electron chi connectivity index (χ3n) is 6.41. The predicted octanol–water partition coefficient (Wildman–Crippen LogP) is 5.03. The second kappa shape index (κ2) is 11.7. The first kappa shape index (κ1) is 26.8. The second-order valence-electron chi connectivity index (χ2n) is 8.68. The first-order chi connectivity index (χ1) is 17.2. The fourth-order valence-electron chi connectivity index (χ4n) is 4.41. The van der Waals surface area contributed by atoms with Gasteiger partial charge in [0.1, 0.15) is 22.8 Å². The van der Waals surface area contributed by atoms with E-state index in [9.17, 15) is 24.9 Å². The molecule has 7 nitrogen and oxygen atoms in total. The van der Waals surface area contributed by atoms with Gasteiger partial charge in [-0.25, -0.2) is 4.79 Å². The molecular weight excluding hydrogens is 458 g/mol. The molecule has 3 aromatic rings. The summed E-state index contributed by atoms with van der Waals surface area (Å²) in [6, 6.07) is 15.1. The number of rotatable bonds is 10. The van der Waals surface area contributed by atoms with Crippen molar-refractivity contribution < 1.29 is 29.6 Å². The van der Waals surface area contributed by atoms with Gasteiger partial charge in [0.2, 0.25) is 0 Å². The predicted molar refractivity (Wildman–Crippen MR) is 138 cm³/mol. The summed E-state index contributed by atoms with van der Waals surface area (Å²) in [5.74, 6) is -1.50. The molecule has 3 aromatic carbocycles. The van der Waals surface area contributed by atoms with Crippen LogP contribution in [0.15, 0.2) is 54.6 Å². The number of ether oxygens (including phenoxy) is 1. The largest absolute Gasteiger partial charge is 0.508 e. The number of nitrogens with zero attached hydrogens (tertiary/aromatic N) is 1. The smallest absolute Gasteiger partial charge is 0.343 e. The summed E-state index contributed by atoms with van der Waals surface area (Å²) in [6.45, 7) is 8.33. The number of hydrogen-bond donors (Lipinski definition) is 3. The average Bonchev–Trinajstić information content (AvgIpc) is 2.83. The summed E-state index contributed by atoms with van der Waals surface area (Å²) in [4.78, 5) is 27.9. The van der Waals surface area contributed by atoms with Gasteiger partial charge in [0.15, 0.2) is 12.0 Å². The van der Waals surface area contributed by atoms with E-state index < -0.39 is 23.7 Å². The molecule has 0 aliphatic rings. The van der Waals surface area contributed by atoms with Crippen LogP contribution < -0.4 is 0 Å². The van der Waals surface area contributed by atoms with Gasteiger partial charge in [-0.3, -0.25) is 9.69 Å². The van der Waals surface area contributed by atoms with E-state index in [1.807, 2.05) is 18.7 Å². The van der Waals surface area contributed by atoms with Crippen LogP contribution in [0.2, 0.25) is 0 Å². The quantitative estimate of drug-likeness (QED) is 0.207. The molecule has 0 aromatic heterocycles. The number of Topliss-reactive ketones (excluding diaryl/α,β-unsaturated/α-hetero) is 1. The second-order valence-corrected chi connectivity index (χ2v) is 8.68. The van der Waals surface area contributed by atoms with Crippen molar-refractivity contribution in [2.45, 2.75) is 46.8 Å². The molecule has 0 spiro atoms. The number of aromatic hydroxyl groups is 3. The maximum Gasteiger partial charge on any atom is 0.343 e. The number of phenolic OH excluding ortho intramolecular Hbond substituents is 3. The number of ketones is 1. The van der Waals surface area contributed by atoms with Crippen LogP contribution in [0.1, 0.15) is 70.7 Å². The summed E-state index contributed by atoms with van der Waals surface area (Å²) >= 11 is 0. The molecule has 190 valence electrons. The van der Waals surface area contributed by atoms with E-state index in [2.05, 4.69) is 0 Å². The molecule has 36 heavy (non-hydrogen) atoms. The van der Waals surface area contributed by atoms with Gasteiger partial charge in [0.05, 0.1) is 5.56 Å². The molecule has 0 bridgehead atoms. The summed E-state index contributed by atoms with van der Waals surface area (Å²) < 4.78 is 5.63. The highest BCUT2D eigenvalue weighted by molar-refractivity contribution is 6.04. The Hall–Kier alpha value is -3.84. The van der Waals surface area contributed by atoms with E-state index >= 15 is 0 Å². The Morgan fingerprint density at radius 3 is 1.89 bits per heavy atom. The summed E-state index contributed by atoms with van der Waals surface area (Å²) in [5, 5.41) is 31.9. The van der Waals surface area contributed by atoms with Gasteiger partial charge in [0, 0.05) is 12.8 Å². The molecule has 1 atom stereocenters. The molecule has 0 heterocycles. The zero-order valence-electron chi connectivity index (χ0n) is 21.1. The van der Waals surface area contributed by atoms with E-state index in [0.29, 0.717) is 35.3 Å². The van der Waals surface area contributed by atoms with Crippen molar-refractivity contribution in [1.82, 2.24) is 4.90 Å². The molecule has 7 heteroatoms. The van der Waals surface area contributed by atoms with Crippen LogP contribution in [0.5, 0.6) is 17.2 Å². The summed E-state index contributed by atoms with van der Waals surface area (Å²) in [6.07, 6.45) is -0.194. The Balaban J connectivity index is 2.18. The van der Waals surface area contributed by atoms with Gasteiger partial charge in [-0.1, -0.05) is 50.2 Å². The van der Waals surface area contributed by atoms with Crippen molar-refractivity contribution in [3.05, 3.63) is 88.0 Å². The van der Waals surface area contributed by atoms with E-state index in [-0.39, 0.29) is 35.5 Å². The molecule has 0 amide bonds. The molecule has 0 fully saturated rings. The topological polar surface area (TPSA) is 107 Å². The summed E-state index contributed by atoms with van der Waals surface area (Å²) in [5.41, 5.74) is 2.05. The SMILES string of the molecule is CCN(CC)C(C)OC(=O)c1cc(Cc2ccccc2O)c(Cc2ccccc2O)c(C(C)=O)c1O. The lowest BCUT2D eigenvalue weighted by Crippen LogP contribution is -2.36. The van der Waals surface area contributed by atoms with Gasteiger partial charge >= 0.3 is 5.97 Å². The first-order valence-corrected chi connectivity index (χ1v) is 12.0. The van der Waals surface area contributed by atoms with Crippen LogP contribution in [0.25, 0.3) is 0 Å². The van der Waals surface area contributed by atoms with Crippen molar-refractivity contribution in [2.24, 2.45) is 0 Å². The van der Waals surface area contributed by atoms with Crippen molar-refractivity contribution >= 4 is 11.8 Å². The summed E-state index contributed by atoms with van der Waals surface area (Å²) in [7, 11) is 0. The van der Waals surface area contributed by atoms with E-state index in [1.54, 1.807) is 55.5 Å². The lowest BCUT2D eigenvalue weighted by Gasteiger charge is -2.26. The molecule has 0 aliphatic heterocycles. The number of hydrogen-bond acceptors (Lipinski definition) is 7. The van der Waals surface area contributed by atoms with Gasteiger partial charge in [-0.05, 0) is 67.4 Å². The molecular formula is C29H33NO6. The third kappa shape index (κ3) is 5.86. The first-order valence-electron chi connectivity index (χ1n) is 12.0. The van der Waals surface area contributed by atoms with Crippen LogP contribution in [-0.2, 0) is 17.6 Å². The number of carbonyl (C=O) groups excluding carboxylic acids is 2. The van der Waals surface area contributed by atoms with Crippen LogP contribution in [-0.4, -0.2) is 51.3 Å². The van der Waals surface area contributed by atoms with Crippen LogP contribution in [0, 0.1) is 0 Å². The Morgan fingerprint density at radius 2 is 1.39 bits per heavy atom. The highest BCUT2D eigenvalue weighted by atomic mass is 16.6.